The minimum Gasteiger partial charge on any atom is -0.492 e. The summed E-state index contributed by atoms with van der Waals surface area (Å²) >= 11 is 3.29. The number of benzene rings is 1. The highest BCUT2D eigenvalue weighted by Crippen LogP contribution is 2.30. The van der Waals surface area contributed by atoms with E-state index in [1.54, 1.807) is 18.2 Å². The van der Waals surface area contributed by atoms with Gasteiger partial charge in [0.2, 0.25) is 0 Å². The third-order valence-electron chi connectivity index (χ3n) is 1.53. The van der Waals surface area contributed by atoms with E-state index in [1.807, 2.05) is 0 Å². The number of nitrogen functional groups attached to an aromatic ring is 1. The van der Waals surface area contributed by atoms with E-state index in [0.717, 1.165) is 4.47 Å². The zero-order chi connectivity index (χ0) is 9.68. The fraction of sp³-hybridized carbons (Fsp3) is 0.333. The Labute approximate surface area is 85.0 Å². The molecule has 0 heterocycles. The first-order chi connectivity index (χ1) is 6.25. The quantitative estimate of drug-likeness (QED) is 0.656. The second-order valence-electron chi connectivity index (χ2n) is 2.55. The van der Waals surface area contributed by atoms with Gasteiger partial charge in [-0.3, -0.25) is 4.39 Å². The molecule has 2 N–H and O–H groups in total. The molecule has 0 unspecified atom stereocenters. The molecule has 0 fully saturated rings. The summed E-state index contributed by atoms with van der Waals surface area (Å²) in [5, 5.41) is 0. The monoisotopic (exact) mass is 247 g/mol. The number of hydrogen-bond donors (Lipinski definition) is 1. The number of nitrogens with two attached hydrogens (primary N) is 1. The minimum absolute atomic E-state index is 0.361. The average molecular weight is 248 g/mol. The number of rotatable bonds is 4. The SMILES string of the molecule is Nc1cccc(OCCCF)c1Br. The van der Waals surface area contributed by atoms with Crippen LogP contribution in [0.5, 0.6) is 5.75 Å². The van der Waals surface area contributed by atoms with E-state index in [1.165, 1.54) is 0 Å². The van der Waals surface area contributed by atoms with Crippen LogP contribution in [0, 0.1) is 0 Å². The molecule has 2 nitrogen and oxygen atoms in total. The van der Waals surface area contributed by atoms with E-state index in [2.05, 4.69) is 15.9 Å². The Morgan fingerprint density at radius 1 is 1.46 bits per heavy atom. The van der Waals surface area contributed by atoms with Crippen LogP contribution < -0.4 is 10.5 Å². The maximum atomic E-state index is 11.8. The molecular weight excluding hydrogens is 237 g/mol. The van der Waals surface area contributed by atoms with Crippen molar-refractivity contribution >= 4 is 21.6 Å². The van der Waals surface area contributed by atoms with Gasteiger partial charge in [0.15, 0.2) is 0 Å². The van der Waals surface area contributed by atoms with Crippen LogP contribution in [-0.2, 0) is 0 Å². The molecule has 1 rings (SSSR count). The second kappa shape index (κ2) is 5.07. The van der Waals surface area contributed by atoms with Crippen LogP contribution in [0.4, 0.5) is 10.1 Å². The van der Waals surface area contributed by atoms with Crippen molar-refractivity contribution in [3.05, 3.63) is 22.7 Å². The van der Waals surface area contributed by atoms with Crippen molar-refractivity contribution in [1.82, 2.24) is 0 Å². The molecular formula is C9H11BrFNO. The topological polar surface area (TPSA) is 35.2 Å². The zero-order valence-electron chi connectivity index (χ0n) is 7.09. The van der Waals surface area contributed by atoms with Gasteiger partial charge in [-0.25, -0.2) is 0 Å². The van der Waals surface area contributed by atoms with Crippen LogP contribution in [-0.4, -0.2) is 13.3 Å². The molecule has 0 atom stereocenters. The third-order valence-corrected chi connectivity index (χ3v) is 2.38. The molecule has 1 aromatic carbocycles. The van der Waals surface area contributed by atoms with E-state index < -0.39 is 0 Å². The minimum atomic E-state index is -0.361. The van der Waals surface area contributed by atoms with Crippen molar-refractivity contribution < 1.29 is 9.13 Å². The van der Waals surface area contributed by atoms with Crippen molar-refractivity contribution in [3.63, 3.8) is 0 Å². The van der Waals surface area contributed by atoms with Crippen LogP contribution in [0.15, 0.2) is 22.7 Å². The van der Waals surface area contributed by atoms with Crippen LogP contribution in [0.25, 0.3) is 0 Å². The molecule has 72 valence electrons. The number of hydrogen-bond acceptors (Lipinski definition) is 2. The molecule has 0 aromatic heterocycles. The van der Waals surface area contributed by atoms with Crippen LogP contribution >= 0.6 is 15.9 Å². The Balaban J connectivity index is 2.61. The normalized spacial score (nSPS) is 10.0. The highest BCUT2D eigenvalue weighted by atomic mass is 79.9. The number of ether oxygens (including phenoxy) is 1. The smallest absolute Gasteiger partial charge is 0.135 e. The van der Waals surface area contributed by atoms with E-state index in [9.17, 15) is 4.39 Å². The van der Waals surface area contributed by atoms with Crippen molar-refractivity contribution in [2.24, 2.45) is 0 Å². The van der Waals surface area contributed by atoms with Gasteiger partial charge in [-0.1, -0.05) is 6.07 Å². The lowest BCUT2D eigenvalue weighted by Crippen LogP contribution is -1.99. The van der Waals surface area contributed by atoms with Gasteiger partial charge in [0.1, 0.15) is 5.75 Å². The summed E-state index contributed by atoms with van der Waals surface area (Å²) < 4.78 is 17.8. The predicted molar refractivity (Wildman–Crippen MR) is 54.6 cm³/mol. The van der Waals surface area contributed by atoms with Crippen molar-refractivity contribution in [3.8, 4) is 5.75 Å². The molecule has 0 bridgehead atoms. The molecule has 0 spiro atoms. The first kappa shape index (κ1) is 10.3. The van der Waals surface area contributed by atoms with Gasteiger partial charge in [-0.15, -0.1) is 0 Å². The first-order valence-electron chi connectivity index (χ1n) is 3.98. The molecule has 0 aliphatic heterocycles. The van der Waals surface area contributed by atoms with E-state index in [0.29, 0.717) is 24.5 Å². The van der Waals surface area contributed by atoms with E-state index in [4.69, 9.17) is 10.5 Å². The fourth-order valence-electron chi connectivity index (χ4n) is 0.876. The lowest BCUT2D eigenvalue weighted by molar-refractivity contribution is 0.288. The number of alkyl halides is 1. The fourth-order valence-corrected chi connectivity index (χ4v) is 1.25. The third kappa shape index (κ3) is 2.88. The zero-order valence-corrected chi connectivity index (χ0v) is 8.68. The Hall–Kier alpha value is -0.770. The van der Waals surface area contributed by atoms with Gasteiger partial charge >= 0.3 is 0 Å². The van der Waals surface area contributed by atoms with E-state index >= 15 is 0 Å². The summed E-state index contributed by atoms with van der Waals surface area (Å²) in [6.45, 7) is 0.0124. The summed E-state index contributed by atoms with van der Waals surface area (Å²) in [5.41, 5.74) is 6.25. The largest absolute Gasteiger partial charge is 0.492 e. The predicted octanol–water partition coefficient (Wildman–Crippen LogP) is 2.77. The van der Waals surface area contributed by atoms with Gasteiger partial charge in [-0.2, -0.15) is 0 Å². The van der Waals surface area contributed by atoms with Gasteiger partial charge in [0.25, 0.3) is 0 Å². The van der Waals surface area contributed by atoms with Crippen LogP contribution in [0.3, 0.4) is 0 Å². The molecule has 0 saturated carbocycles. The summed E-state index contributed by atoms with van der Waals surface area (Å²) in [5.74, 6) is 0.661. The Morgan fingerprint density at radius 3 is 2.92 bits per heavy atom. The molecule has 0 aliphatic carbocycles. The molecule has 1 aromatic rings. The second-order valence-corrected chi connectivity index (χ2v) is 3.34. The van der Waals surface area contributed by atoms with Gasteiger partial charge in [0.05, 0.1) is 17.8 Å². The highest BCUT2D eigenvalue weighted by Gasteiger charge is 2.02. The number of anilines is 1. The highest BCUT2D eigenvalue weighted by molar-refractivity contribution is 9.10. The maximum Gasteiger partial charge on any atom is 0.135 e. The summed E-state index contributed by atoms with van der Waals surface area (Å²) in [6, 6.07) is 5.36. The standard InChI is InChI=1S/C9H11BrFNO/c10-9-7(12)3-1-4-8(9)13-6-2-5-11/h1,3-4H,2,5-6,12H2. The van der Waals surface area contributed by atoms with Crippen molar-refractivity contribution in [1.29, 1.82) is 0 Å². The maximum absolute atomic E-state index is 11.8. The lowest BCUT2D eigenvalue weighted by Gasteiger charge is -2.08. The first-order valence-corrected chi connectivity index (χ1v) is 4.77. The summed E-state index contributed by atoms with van der Waals surface area (Å²) in [7, 11) is 0. The summed E-state index contributed by atoms with van der Waals surface area (Å²) in [4.78, 5) is 0. The average Bonchev–Trinajstić information content (AvgIpc) is 2.13. The Bertz CT molecular complexity index is 280. The van der Waals surface area contributed by atoms with Crippen LogP contribution in [0.2, 0.25) is 0 Å². The molecule has 0 radical (unpaired) electrons. The van der Waals surface area contributed by atoms with Gasteiger partial charge in [0, 0.05) is 12.1 Å². The molecule has 13 heavy (non-hydrogen) atoms. The lowest BCUT2D eigenvalue weighted by atomic mass is 10.3. The van der Waals surface area contributed by atoms with Crippen molar-refractivity contribution in [2.75, 3.05) is 19.0 Å². The Morgan fingerprint density at radius 2 is 2.23 bits per heavy atom. The number of halogens is 2. The van der Waals surface area contributed by atoms with Gasteiger partial charge in [-0.05, 0) is 28.1 Å². The van der Waals surface area contributed by atoms with Gasteiger partial charge < -0.3 is 10.5 Å². The molecule has 4 heteroatoms. The molecule has 0 amide bonds. The summed E-state index contributed by atoms with van der Waals surface area (Å²) in [6.07, 6.45) is 0.404. The van der Waals surface area contributed by atoms with E-state index in [-0.39, 0.29) is 6.67 Å². The van der Waals surface area contributed by atoms with Crippen molar-refractivity contribution in [2.45, 2.75) is 6.42 Å². The molecule has 0 aliphatic rings. The Kier molecular flexibility index (Phi) is 4.02. The molecule has 0 saturated heterocycles. The van der Waals surface area contributed by atoms with Crippen LogP contribution in [0.1, 0.15) is 6.42 Å².